The standard InChI is InChI=1S/C79H74N2O2/c1-46(2)39-51-25-27-53-29-31-56(41-48(5)6)76(66(53)43-51)80(69-21-15-19-61-58-17-11-13-23-72(58)82-78(61)69)68-38-34-55-33-35-64-71(45-65(50(9)10)60-36-37-63(68)74(55)75(60)64)81(70-22-16-20-62-59-18-12-14-24-73(59)83-79(62)70)77-57(42-49(7)8)32-30-54-28-26-52(40-47(3)4)44-67(54)77/h11-38,43-50H,39-42H2,1-10H3. The molecule has 0 fully saturated rings. The Hall–Kier alpha value is -8.60. The number of fused-ring (bicyclic) bond motifs is 8. The normalized spacial score (nSPS) is 12.5. The predicted molar refractivity (Wildman–Crippen MR) is 357 cm³/mol. The number of anilines is 6. The first-order valence-corrected chi connectivity index (χ1v) is 30.5. The summed E-state index contributed by atoms with van der Waals surface area (Å²) in [5.41, 5.74) is 17.0. The highest BCUT2D eigenvalue weighted by atomic mass is 16.3. The van der Waals surface area contributed by atoms with Crippen molar-refractivity contribution in [2.24, 2.45) is 23.7 Å². The number of benzene rings is 12. The zero-order chi connectivity index (χ0) is 56.9. The van der Waals surface area contributed by atoms with Gasteiger partial charge in [0, 0.05) is 43.1 Å². The minimum Gasteiger partial charge on any atom is -0.454 e. The molecule has 0 amide bonds. The molecule has 0 aliphatic rings. The van der Waals surface area contributed by atoms with Crippen molar-refractivity contribution in [3.8, 4) is 0 Å². The fourth-order valence-corrected chi connectivity index (χ4v) is 14.0. The van der Waals surface area contributed by atoms with Crippen LogP contribution in [0, 0.1) is 23.7 Å². The van der Waals surface area contributed by atoms with Crippen LogP contribution in [0.5, 0.6) is 0 Å². The lowest BCUT2D eigenvalue weighted by Crippen LogP contribution is -2.16. The van der Waals surface area contributed by atoms with Gasteiger partial charge < -0.3 is 18.6 Å². The molecular formula is C79H74N2O2. The molecule has 0 radical (unpaired) electrons. The largest absolute Gasteiger partial charge is 0.454 e. The molecule has 0 saturated carbocycles. The van der Waals surface area contributed by atoms with Gasteiger partial charge in [0.05, 0.1) is 34.1 Å². The molecule has 14 aromatic rings. The molecule has 2 aromatic heterocycles. The maximum atomic E-state index is 7.13. The highest BCUT2D eigenvalue weighted by Crippen LogP contribution is 2.54. The van der Waals surface area contributed by atoms with Crippen LogP contribution in [0.1, 0.15) is 103 Å². The van der Waals surface area contributed by atoms with E-state index in [0.717, 1.165) is 92.3 Å². The summed E-state index contributed by atoms with van der Waals surface area (Å²) in [6.45, 7) is 23.4. The smallest absolute Gasteiger partial charge is 0.159 e. The number of hydrogen-bond acceptors (Lipinski definition) is 4. The summed E-state index contributed by atoms with van der Waals surface area (Å²) in [7, 11) is 0. The Bertz CT molecular complexity index is 4800. The van der Waals surface area contributed by atoms with Crippen LogP contribution in [-0.2, 0) is 25.7 Å². The number of rotatable bonds is 15. The average Bonchev–Trinajstić information content (AvgIpc) is 4.27. The van der Waals surface area contributed by atoms with Crippen molar-refractivity contribution < 1.29 is 8.83 Å². The van der Waals surface area contributed by atoms with Gasteiger partial charge in [-0.25, -0.2) is 0 Å². The molecular weight excluding hydrogens is 1010 g/mol. The van der Waals surface area contributed by atoms with Crippen LogP contribution in [0.3, 0.4) is 0 Å². The Balaban J connectivity index is 1.12. The Kier molecular flexibility index (Phi) is 13.1. The van der Waals surface area contributed by atoms with E-state index in [-0.39, 0.29) is 5.92 Å². The van der Waals surface area contributed by atoms with Gasteiger partial charge in [-0.3, -0.25) is 0 Å². The Labute approximate surface area is 488 Å². The summed E-state index contributed by atoms with van der Waals surface area (Å²) < 4.78 is 14.2. The number of hydrogen-bond donors (Lipinski definition) is 0. The third-order valence-electron chi connectivity index (χ3n) is 17.4. The van der Waals surface area contributed by atoms with Crippen molar-refractivity contribution in [1.82, 2.24) is 0 Å². The molecule has 412 valence electrons. The maximum Gasteiger partial charge on any atom is 0.159 e. The van der Waals surface area contributed by atoms with E-state index in [1.54, 1.807) is 0 Å². The van der Waals surface area contributed by atoms with Gasteiger partial charge in [0.1, 0.15) is 11.2 Å². The summed E-state index contributed by atoms with van der Waals surface area (Å²) in [5, 5.41) is 16.9. The first kappa shape index (κ1) is 52.5. The molecule has 0 atom stereocenters. The van der Waals surface area contributed by atoms with E-state index in [0.29, 0.717) is 23.7 Å². The minimum absolute atomic E-state index is 0.207. The molecule has 4 heteroatoms. The fourth-order valence-electron chi connectivity index (χ4n) is 14.0. The molecule has 0 bridgehead atoms. The average molecular weight is 1080 g/mol. The topological polar surface area (TPSA) is 32.8 Å². The van der Waals surface area contributed by atoms with Crippen molar-refractivity contribution in [3.05, 3.63) is 216 Å². The van der Waals surface area contributed by atoms with Crippen LogP contribution >= 0.6 is 0 Å². The van der Waals surface area contributed by atoms with Gasteiger partial charge in [-0.1, -0.05) is 209 Å². The van der Waals surface area contributed by atoms with E-state index < -0.39 is 0 Å². The fraction of sp³-hybridized carbons (Fsp3) is 0.241. The van der Waals surface area contributed by atoms with E-state index in [1.807, 2.05) is 0 Å². The Morgan fingerprint density at radius 2 is 0.747 bits per heavy atom. The van der Waals surface area contributed by atoms with Crippen LogP contribution in [-0.4, -0.2) is 0 Å². The van der Waals surface area contributed by atoms with Gasteiger partial charge in [0.2, 0.25) is 0 Å². The summed E-state index contributed by atoms with van der Waals surface area (Å²) in [6, 6.07) is 71.4. The van der Waals surface area contributed by atoms with Gasteiger partial charge in [0.15, 0.2) is 11.2 Å². The molecule has 0 spiro atoms. The van der Waals surface area contributed by atoms with E-state index >= 15 is 0 Å². The van der Waals surface area contributed by atoms with Crippen molar-refractivity contribution >= 4 is 132 Å². The lowest BCUT2D eigenvalue weighted by Gasteiger charge is -2.33. The summed E-state index contributed by atoms with van der Waals surface area (Å²) in [5.74, 6) is 2.07. The van der Waals surface area contributed by atoms with E-state index in [9.17, 15) is 0 Å². The van der Waals surface area contributed by atoms with E-state index in [4.69, 9.17) is 8.83 Å². The van der Waals surface area contributed by atoms with Gasteiger partial charge in [-0.15, -0.1) is 0 Å². The lowest BCUT2D eigenvalue weighted by atomic mass is 9.86. The molecule has 12 aromatic carbocycles. The van der Waals surface area contributed by atoms with Gasteiger partial charge in [-0.2, -0.15) is 0 Å². The minimum atomic E-state index is 0.207. The van der Waals surface area contributed by atoms with Crippen LogP contribution in [0.25, 0.3) is 97.7 Å². The second-order valence-electron chi connectivity index (χ2n) is 25.8. The predicted octanol–water partition coefficient (Wildman–Crippen LogP) is 23.5. The zero-order valence-electron chi connectivity index (χ0n) is 49.8. The third-order valence-corrected chi connectivity index (χ3v) is 17.4. The maximum absolute atomic E-state index is 7.13. The second kappa shape index (κ2) is 20.7. The van der Waals surface area contributed by atoms with Crippen molar-refractivity contribution in [3.63, 3.8) is 0 Å². The molecule has 0 aliphatic carbocycles. The van der Waals surface area contributed by atoms with Crippen LogP contribution in [0.15, 0.2) is 197 Å². The molecule has 14 rings (SSSR count). The first-order chi connectivity index (χ1) is 40.3. The van der Waals surface area contributed by atoms with Crippen LogP contribution in [0.2, 0.25) is 0 Å². The molecule has 4 nitrogen and oxygen atoms in total. The van der Waals surface area contributed by atoms with Crippen molar-refractivity contribution in [1.29, 1.82) is 0 Å². The van der Waals surface area contributed by atoms with Gasteiger partial charge in [0.25, 0.3) is 0 Å². The Morgan fingerprint density at radius 1 is 0.313 bits per heavy atom. The SMILES string of the molecule is CC(C)Cc1ccc2ccc(CC(C)C)c(N(c3ccc4ccc5c(N(c6c(CC(C)C)ccc7ccc(CC(C)C)cc67)c6cccc7c6oc6ccccc67)cc(C(C)C)c6ccc3c4c65)c3cccc4c3oc3ccccc34)c2c1. The van der Waals surface area contributed by atoms with Crippen LogP contribution in [0.4, 0.5) is 34.1 Å². The van der Waals surface area contributed by atoms with Crippen molar-refractivity contribution in [2.75, 3.05) is 9.80 Å². The molecule has 0 N–H and O–H groups in total. The summed E-state index contributed by atoms with van der Waals surface area (Å²) in [4.78, 5) is 5.22. The molecule has 0 saturated heterocycles. The summed E-state index contributed by atoms with van der Waals surface area (Å²) in [6.07, 6.45) is 3.83. The van der Waals surface area contributed by atoms with E-state index in [2.05, 4.69) is 267 Å². The van der Waals surface area contributed by atoms with E-state index in [1.165, 1.54) is 93.1 Å². The number of para-hydroxylation sites is 4. The molecule has 0 unspecified atom stereocenters. The number of nitrogens with zero attached hydrogens (tertiary/aromatic N) is 2. The number of furan rings is 2. The zero-order valence-corrected chi connectivity index (χ0v) is 49.8. The quantitative estimate of drug-likeness (QED) is 0.0958. The highest BCUT2D eigenvalue weighted by Gasteiger charge is 2.31. The highest BCUT2D eigenvalue weighted by molar-refractivity contribution is 6.30. The monoisotopic (exact) mass is 1080 g/mol. The third kappa shape index (κ3) is 8.96. The van der Waals surface area contributed by atoms with Crippen molar-refractivity contribution in [2.45, 2.75) is 101 Å². The van der Waals surface area contributed by atoms with Gasteiger partial charge >= 0.3 is 0 Å². The van der Waals surface area contributed by atoms with Gasteiger partial charge in [-0.05, 0) is 164 Å². The Morgan fingerprint density at radius 3 is 1.27 bits per heavy atom. The molecule has 2 heterocycles. The lowest BCUT2D eigenvalue weighted by molar-refractivity contribution is 0.646. The second-order valence-corrected chi connectivity index (χ2v) is 25.8. The van der Waals surface area contributed by atoms with Crippen LogP contribution < -0.4 is 9.80 Å². The molecule has 83 heavy (non-hydrogen) atoms. The summed E-state index contributed by atoms with van der Waals surface area (Å²) >= 11 is 0. The molecule has 0 aliphatic heterocycles. The first-order valence-electron chi connectivity index (χ1n) is 30.5.